The summed E-state index contributed by atoms with van der Waals surface area (Å²) < 4.78 is 5.00. The number of nitrogens with zero attached hydrogens (tertiary/aromatic N) is 1. The lowest BCUT2D eigenvalue weighted by Crippen LogP contribution is -2.03. The summed E-state index contributed by atoms with van der Waals surface area (Å²) >= 11 is 11.7. The second-order valence-corrected chi connectivity index (χ2v) is 5.23. The number of aliphatic imine (C=N–C) groups is 1. The van der Waals surface area contributed by atoms with Crippen molar-refractivity contribution in [3.8, 4) is 11.5 Å². The van der Waals surface area contributed by atoms with Crippen molar-refractivity contribution >= 4 is 35.2 Å². The Labute approximate surface area is 138 Å². The number of para-hydroxylation sites is 1. The van der Waals surface area contributed by atoms with Gasteiger partial charge in [0.15, 0.2) is 17.3 Å². The van der Waals surface area contributed by atoms with Crippen molar-refractivity contribution in [2.75, 3.05) is 13.7 Å². The molecule has 2 rings (SSSR count). The third-order valence-electron chi connectivity index (χ3n) is 2.96. The largest absolute Gasteiger partial charge is 0.504 e. The first-order valence-electron chi connectivity index (χ1n) is 6.37. The molecule has 0 atom stereocenters. The Hall–Kier alpha value is -2.04. The number of carbonyl (C=O) groups excluding carboxylic acids is 1. The van der Waals surface area contributed by atoms with Gasteiger partial charge in [0.05, 0.1) is 17.2 Å². The smallest absolute Gasteiger partial charge is 0.184 e. The molecule has 6 heteroatoms. The van der Waals surface area contributed by atoms with E-state index in [4.69, 9.17) is 27.9 Å². The molecule has 0 aliphatic heterocycles. The summed E-state index contributed by atoms with van der Waals surface area (Å²) in [5, 5.41) is 10.6. The first kappa shape index (κ1) is 16.3. The highest BCUT2D eigenvalue weighted by molar-refractivity contribution is 6.42. The highest BCUT2D eigenvalue weighted by Gasteiger charge is 2.08. The quantitative estimate of drug-likeness (QED) is 0.662. The first-order chi connectivity index (χ1) is 10.5. The molecule has 0 aliphatic rings. The van der Waals surface area contributed by atoms with Crippen LogP contribution in [0.1, 0.15) is 15.9 Å². The summed E-state index contributed by atoms with van der Waals surface area (Å²) in [4.78, 5) is 16.0. The zero-order valence-corrected chi connectivity index (χ0v) is 13.2. The summed E-state index contributed by atoms with van der Waals surface area (Å²) in [5.41, 5.74) is 0.905. The van der Waals surface area contributed by atoms with Crippen LogP contribution in [-0.4, -0.2) is 30.8 Å². The van der Waals surface area contributed by atoms with E-state index in [1.165, 1.54) is 19.4 Å². The molecule has 0 bridgehead atoms. The van der Waals surface area contributed by atoms with Crippen LogP contribution in [0.2, 0.25) is 10.0 Å². The van der Waals surface area contributed by atoms with E-state index in [9.17, 15) is 9.90 Å². The van der Waals surface area contributed by atoms with Crippen LogP contribution in [0.3, 0.4) is 0 Å². The Morgan fingerprint density at radius 3 is 2.73 bits per heavy atom. The second kappa shape index (κ2) is 7.29. The number of methoxy groups -OCH3 is 1. The summed E-state index contributed by atoms with van der Waals surface area (Å²) in [5.74, 6) is 0.132. The molecule has 0 aromatic heterocycles. The van der Waals surface area contributed by atoms with Crippen LogP contribution in [0.4, 0.5) is 0 Å². The van der Waals surface area contributed by atoms with Gasteiger partial charge < -0.3 is 9.84 Å². The molecule has 2 aromatic carbocycles. The minimum absolute atomic E-state index is 0.0178. The molecule has 22 heavy (non-hydrogen) atoms. The topological polar surface area (TPSA) is 58.9 Å². The maximum absolute atomic E-state index is 12.0. The summed E-state index contributed by atoms with van der Waals surface area (Å²) in [6.45, 7) is -0.0609. The van der Waals surface area contributed by atoms with Gasteiger partial charge in [-0.1, -0.05) is 29.3 Å². The van der Waals surface area contributed by atoms with Gasteiger partial charge >= 0.3 is 0 Å². The highest BCUT2D eigenvalue weighted by Crippen LogP contribution is 2.28. The van der Waals surface area contributed by atoms with Crippen LogP contribution in [-0.2, 0) is 0 Å². The van der Waals surface area contributed by atoms with Gasteiger partial charge in [-0.15, -0.1) is 0 Å². The molecular formula is C16H13Cl2NO3. The fraction of sp³-hybridized carbons (Fsp3) is 0.125. The van der Waals surface area contributed by atoms with Gasteiger partial charge in [-0.3, -0.25) is 9.79 Å². The van der Waals surface area contributed by atoms with Crippen molar-refractivity contribution in [2.24, 2.45) is 4.99 Å². The number of halogens is 2. The fourth-order valence-electron chi connectivity index (χ4n) is 1.80. The van der Waals surface area contributed by atoms with E-state index in [2.05, 4.69) is 4.99 Å². The zero-order chi connectivity index (χ0) is 16.1. The van der Waals surface area contributed by atoms with Crippen LogP contribution >= 0.6 is 23.2 Å². The van der Waals surface area contributed by atoms with Crippen molar-refractivity contribution < 1.29 is 14.6 Å². The number of hydrogen-bond donors (Lipinski definition) is 1. The van der Waals surface area contributed by atoms with Gasteiger partial charge in [-0.2, -0.15) is 0 Å². The number of carbonyl (C=O) groups is 1. The number of phenolic OH excluding ortho intramolecular Hbond substituents is 1. The van der Waals surface area contributed by atoms with Gasteiger partial charge in [0, 0.05) is 17.3 Å². The van der Waals surface area contributed by atoms with Crippen LogP contribution < -0.4 is 4.74 Å². The fourth-order valence-corrected chi connectivity index (χ4v) is 2.09. The van der Waals surface area contributed by atoms with Crippen LogP contribution in [0, 0.1) is 0 Å². The summed E-state index contributed by atoms with van der Waals surface area (Å²) in [6.07, 6.45) is 1.42. The molecule has 0 heterocycles. The molecular weight excluding hydrogens is 325 g/mol. The number of rotatable bonds is 5. The molecule has 0 fully saturated rings. The maximum Gasteiger partial charge on any atom is 0.184 e. The molecule has 0 spiro atoms. The van der Waals surface area contributed by atoms with Gasteiger partial charge in [0.25, 0.3) is 0 Å². The van der Waals surface area contributed by atoms with Crippen molar-refractivity contribution in [2.45, 2.75) is 0 Å². The third-order valence-corrected chi connectivity index (χ3v) is 3.70. The summed E-state index contributed by atoms with van der Waals surface area (Å²) in [7, 11) is 1.46. The standard InChI is InChI=1S/C16H13Cl2NO3/c1-22-15-4-2-3-11(16(15)21)8-19-9-14(20)10-5-6-12(17)13(18)7-10/h2-8,21H,9H2,1H3. The van der Waals surface area contributed by atoms with Gasteiger partial charge in [0.1, 0.15) is 6.54 Å². The average Bonchev–Trinajstić information content (AvgIpc) is 2.51. The number of ether oxygens (including phenoxy) is 1. The van der Waals surface area contributed by atoms with Crippen molar-refractivity contribution in [3.05, 3.63) is 57.6 Å². The Morgan fingerprint density at radius 2 is 2.05 bits per heavy atom. The summed E-state index contributed by atoms with van der Waals surface area (Å²) in [6, 6.07) is 9.69. The van der Waals surface area contributed by atoms with Gasteiger partial charge in [-0.25, -0.2) is 0 Å². The average molecular weight is 338 g/mol. The molecule has 0 unspecified atom stereocenters. The normalized spacial score (nSPS) is 10.9. The molecule has 114 valence electrons. The van der Waals surface area contributed by atoms with E-state index in [-0.39, 0.29) is 18.1 Å². The SMILES string of the molecule is COc1cccc(C=NCC(=O)c2ccc(Cl)c(Cl)c2)c1O. The van der Waals surface area contributed by atoms with Crippen molar-refractivity contribution in [1.29, 1.82) is 0 Å². The molecule has 4 nitrogen and oxygen atoms in total. The first-order valence-corrected chi connectivity index (χ1v) is 7.12. The molecule has 0 aliphatic carbocycles. The van der Waals surface area contributed by atoms with E-state index in [0.29, 0.717) is 26.9 Å². The van der Waals surface area contributed by atoms with E-state index in [1.54, 1.807) is 30.3 Å². The van der Waals surface area contributed by atoms with E-state index in [0.717, 1.165) is 0 Å². The van der Waals surface area contributed by atoms with Crippen molar-refractivity contribution in [3.63, 3.8) is 0 Å². The molecule has 0 amide bonds. The number of benzene rings is 2. The minimum Gasteiger partial charge on any atom is -0.504 e. The maximum atomic E-state index is 12.0. The molecule has 2 aromatic rings. The monoisotopic (exact) mass is 337 g/mol. The third kappa shape index (κ3) is 3.78. The molecule has 0 saturated heterocycles. The zero-order valence-electron chi connectivity index (χ0n) is 11.7. The van der Waals surface area contributed by atoms with Gasteiger partial charge in [-0.05, 0) is 30.3 Å². The predicted octanol–water partition coefficient (Wildman–Crippen LogP) is 4.01. The Morgan fingerprint density at radius 1 is 1.27 bits per heavy atom. The molecule has 0 saturated carbocycles. The lowest BCUT2D eigenvalue weighted by atomic mass is 10.1. The number of hydrogen-bond acceptors (Lipinski definition) is 4. The Kier molecular flexibility index (Phi) is 5.41. The minimum atomic E-state index is -0.197. The van der Waals surface area contributed by atoms with Crippen molar-refractivity contribution in [1.82, 2.24) is 0 Å². The number of ketones is 1. The number of Topliss-reactive ketones (excluding diaryl/α,β-unsaturated/α-hetero) is 1. The lowest BCUT2D eigenvalue weighted by molar-refractivity contribution is 0.100. The lowest BCUT2D eigenvalue weighted by Gasteiger charge is -2.05. The Bertz CT molecular complexity index is 729. The molecule has 1 N–H and O–H groups in total. The van der Waals surface area contributed by atoms with Gasteiger partial charge in [0.2, 0.25) is 0 Å². The predicted molar refractivity (Wildman–Crippen MR) is 87.9 cm³/mol. The molecule has 0 radical (unpaired) electrons. The van der Waals surface area contributed by atoms with Crippen LogP contribution in [0.25, 0.3) is 0 Å². The van der Waals surface area contributed by atoms with E-state index >= 15 is 0 Å². The number of phenols is 1. The Balaban J connectivity index is 2.09. The van der Waals surface area contributed by atoms with Crippen LogP contribution in [0.5, 0.6) is 11.5 Å². The number of aromatic hydroxyl groups is 1. The highest BCUT2D eigenvalue weighted by atomic mass is 35.5. The van der Waals surface area contributed by atoms with E-state index in [1.807, 2.05) is 0 Å². The van der Waals surface area contributed by atoms with Crippen LogP contribution in [0.15, 0.2) is 41.4 Å². The second-order valence-electron chi connectivity index (χ2n) is 4.42. The van der Waals surface area contributed by atoms with E-state index < -0.39 is 0 Å².